The van der Waals surface area contributed by atoms with Crippen LogP contribution in [-0.2, 0) is 0 Å². The third kappa shape index (κ3) is 5.19. The van der Waals surface area contributed by atoms with E-state index in [4.69, 9.17) is 5.11 Å². The van der Waals surface area contributed by atoms with Gasteiger partial charge in [-0.1, -0.05) is 26.3 Å². The molecule has 0 spiro atoms. The Morgan fingerprint density at radius 2 is 2.18 bits per heavy atom. The van der Waals surface area contributed by atoms with Crippen LogP contribution in [0.3, 0.4) is 0 Å². The fourth-order valence-electron chi connectivity index (χ4n) is 2.18. The Morgan fingerprint density at radius 1 is 1.35 bits per heavy atom. The van der Waals surface area contributed by atoms with Gasteiger partial charge in [0.05, 0.1) is 0 Å². The molecule has 1 rings (SSSR count). The normalized spacial score (nSPS) is 14.8. The molecule has 0 fully saturated rings. The molecule has 2 atom stereocenters. The zero-order valence-corrected chi connectivity index (χ0v) is 11.8. The Bertz CT molecular complexity index is 268. The summed E-state index contributed by atoms with van der Waals surface area (Å²) in [6, 6.07) is 4.79. The highest BCUT2D eigenvalue weighted by Crippen LogP contribution is 2.22. The van der Waals surface area contributed by atoms with Gasteiger partial charge in [-0.2, -0.15) is 0 Å². The van der Waals surface area contributed by atoms with E-state index >= 15 is 0 Å². The van der Waals surface area contributed by atoms with Gasteiger partial charge in [0.1, 0.15) is 0 Å². The third-order valence-electron chi connectivity index (χ3n) is 3.18. The van der Waals surface area contributed by atoms with Crippen LogP contribution in [0.25, 0.3) is 0 Å². The first-order valence-corrected chi connectivity index (χ1v) is 7.57. The van der Waals surface area contributed by atoms with E-state index in [2.05, 4.69) is 36.7 Å². The van der Waals surface area contributed by atoms with Crippen molar-refractivity contribution in [3.63, 3.8) is 0 Å². The van der Waals surface area contributed by atoms with Crippen LogP contribution >= 0.6 is 11.3 Å². The molecule has 1 aromatic rings. The first kappa shape index (κ1) is 14.7. The summed E-state index contributed by atoms with van der Waals surface area (Å²) in [5.41, 5.74) is 0. The van der Waals surface area contributed by atoms with Crippen LogP contribution in [0.4, 0.5) is 0 Å². The molecule has 1 heterocycles. The van der Waals surface area contributed by atoms with E-state index in [1.54, 1.807) is 0 Å². The number of hydrogen-bond donors (Lipinski definition) is 2. The van der Waals surface area contributed by atoms with Gasteiger partial charge in [0.15, 0.2) is 0 Å². The standard InChI is InChI=1S/C14H25NOS/c1-3-6-12(8-9-16)11-15-13(4-2)14-7-5-10-17-14/h5,7,10,12-13,15-16H,3-4,6,8-9,11H2,1-2H3. The maximum absolute atomic E-state index is 9.04. The van der Waals surface area contributed by atoms with Crippen molar-refractivity contribution in [2.75, 3.05) is 13.2 Å². The van der Waals surface area contributed by atoms with Crippen molar-refractivity contribution >= 4 is 11.3 Å². The lowest BCUT2D eigenvalue weighted by Gasteiger charge is -2.21. The lowest BCUT2D eigenvalue weighted by molar-refractivity contribution is 0.245. The van der Waals surface area contributed by atoms with Crippen LogP contribution in [0.1, 0.15) is 50.4 Å². The van der Waals surface area contributed by atoms with Crippen molar-refractivity contribution in [1.82, 2.24) is 5.32 Å². The number of hydrogen-bond acceptors (Lipinski definition) is 3. The van der Waals surface area contributed by atoms with Gasteiger partial charge in [-0.3, -0.25) is 0 Å². The molecule has 98 valence electrons. The Morgan fingerprint density at radius 3 is 2.71 bits per heavy atom. The average Bonchev–Trinajstić information content (AvgIpc) is 2.84. The largest absolute Gasteiger partial charge is 0.396 e. The van der Waals surface area contributed by atoms with Gasteiger partial charge in [-0.15, -0.1) is 11.3 Å². The topological polar surface area (TPSA) is 32.3 Å². The molecular formula is C14H25NOS. The number of aliphatic hydroxyl groups excluding tert-OH is 1. The highest BCUT2D eigenvalue weighted by Gasteiger charge is 2.13. The minimum Gasteiger partial charge on any atom is -0.396 e. The second-order valence-electron chi connectivity index (χ2n) is 4.55. The van der Waals surface area contributed by atoms with Crippen LogP contribution in [0.15, 0.2) is 17.5 Å². The summed E-state index contributed by atoms with van der Waals surface area (Å²) in [7, 11) is 0. The van der Waals surface area contributed by atoms with Crippen LogP contribution in [-0.4, -0.2) is 18.3 Å². The van der Waals surface area contributed by atoms with Crippen LogP contribution < -0.4 is 5.32 Å². The van der Waals surface area contributed by atoms with Crippen molar-refractivity contribution in [1.29, 1.82) is 0 Å². The molecular weight excluding hydrogens is 230 g/mol. The quantitative estimate of drug-likeness (QED) is 0.707. The molecule has 3 heteroatoms. The molecule has 0 amide bonds. The monoisotopic (exact) mass is 255 g/mol. The molecule has 2 nitrogen and oxygen atoms in total. The second-order valence-corrected chi connectivity index (χ2v) is 5.53. The maximum Gasteiger partial charge on any atom is 0.0434 e. The molecule has 2 N–H and O–H groups in total. The third-order valence-corrected chi connectivity index (χ3v) is 4.17. The molecule has 0 bridgehead atoms. The van der Waals surface area contributed by atoms with Crippen LogP contribution in [0, 0.1) is 5.92 Å². The smallest absolute Gasteiger partial charge is 0.0434 e. The summed E-state index contributed by atoms with van der Waals surface area (Å²) in [6.45, 7) is 5.76. The molecule has 0 saturated heterocycles. The minimum atomic E-state index is 0.308. The Hall–Kier alpha value is -0.380. The Kier molecular flexibility index (Phi) is 7.49. The molecule has 0 saturated carbocycles. The lowest BCUT2D eigenvalue weighted by atomic mass is 9.99. The highest BCUT2D eigenvalue weighted by molar-refractivity contribution is 7.10. The van der Waals surface area contributed by atoms with Crippen molar-refractivity contribution < 1.29 is 5.11 Å². The number of aliphatic hydroxyl groups is 1. The maximum atomic E-state index is 9.04. The summed E-state index contributed by atoms with van der Waals surface area (Å²) >= 11 is 1.82. The van der Waals surface area contributed by atoms with E-state index in [1.165, 1.54) is 17.7 Å². The van der Waals surface area contributed by atoms with Gasteiger partial charge in [-0.05, 0) is 43.2 Å². The van der Waals surface area contributed by atoms with Gasteiger partial charge in [0.25, 0.3) is 0 Å². The predicted molar refractivity (Wildman–Crippen MR) is 75.5 cm³/mol. The Balaban J connectivity index is 2.40. The van der Waals surface area contributed by atoms with Crippen LogP contribution in [0.2, 0.25) is 0 Å². The predicted octanol–water partition coefficient (Wildman–Crippen LogP) is 3.59. The number of rotatable bonds is 9. The number of thiophene rings is 1. The molecule has 17 heavy (non-hydrogen) atoms. The number of nitrogens with one attached hydrogen (secondary N) is 1. The van der Waals surface area contributed by atoms with E-state index in [-0.39, 0.29) is 0 Å². The summed E-state index contributed by atoms with van der Waals surface area (Å²) in [6.07, 6.45) is 4.44. The molecule has 2 unspecified atom stereocenters. The van der Waals surface area contributed by atoms with E-state index in [1.807, 2.05) is 11.3 Å². The van der Waals surface area contributed by atoms with Crippen molar-refractivity contribution in [2.45, 2.75) is 45.6 Å². The highest BCUT2D eigenvalue weighted by atomic mass is 32.1. The lowest BCUT2D eigenvalue weighted by Crippen LogP contribution is -2.27. The Labute approximate surface area is 109 Å². The van der Waals surface area contributed by atoms with Crippen LogP contribution in [0.5, 0.6) is 0 Å². The first-order valence-electron chi connectivity index (χ1n) is 6.69. The van der Waals surface area contributed by atoms with Gasteiger partial charge >= 0.3 is 0 Å². The molecule has 0 aromatic carbocycles. The molecule has 1 aromatic heterocycles. The molecule has 0 radical (unpaired) electrons. The minimum absolute atomic E-state index is 0.308. The fourth-order valence-corrected chi connectivity index (χ4v) is 3.07. The molecule has 0 aliphatic rings. The van der Waals surface area contributed by atoms with E-state index in [0.29, 0.717) is 18.6 Å². The molecule has 0 aliphatic carbocycles. The van der Waals surface area contributed by atoms with Crippen molar-refractivity contribution in [2.24, 2.45) is 5.92 Å². The SMILES string of the molecule is CCCC(CCO)CNC(CC)c1cccs1. The summed E-state index contributed by atoms with van der Waals surface area (Å²) < 4.78 is 0. The zero-order chi connectivity index (χ0) is 12.5. The van der Waals surface area contributed by atoms with Gasteiger partial charge in [0.2, 0.25) is 0 Å². The van der Waals surface area contributed by atoms with E-state index in [9.17, 15) is 0 Å². The fraction of sp³-hybridized carbons (Fsp3) is 0.714. The second kappa shape index (κ2) is 8.67. The zero-order valence-electron chi connectivity index (χ0n) is 11.0. The van der Waals surface area contributed by atoms with Gasteiger partial charge in [-0.25, -0.2) is 0 Å². The van der Waals surface area contributed by atoms with E-state index in [0.717, 1.165) is 19.4 Å². The van der Waals surface area contributed by atoms with Gasteiger partial charge < -0.3 is 10.4 Å². The summed E-state index contributed by atoms with van der Waals surface area (Å²) in [5.74, 6) is 0.610. The first-order chi connectivity index (χ1) is 8.31. The summed E-state index contributed by atoms with van der Waals surface area (Å²) in [5, 5.41) is 14.8. The molecule has 0 aliphatic heterocycles. The average molecular weight is 255 g/mol. The van der Waals surface area contributed by atoms with Crippen molar-refractivity contribution in [3.05, 3.63) is 22.4 Å². The van der Waals surface area contributed by atoms with Gasteiger partial charge in [0, 0.05) is 17.5 Å². The van der Waals surface area contributed by atoms with E-state index < -0.39 is 0 Å². The van der Waals surface area contributed by atoms with Crippen molar-refractivity contribution in [3.8, 4) is 0 Å². The summed E-state index contributed by atoms with van der Waals surface area (Å²) in [4.78, 5) is 1.42.